The number of hydrogen-bond acceptors (Lipinski definition) is 3. The van der Waals surface area contributed by atoms with E-state index in [-0.39, 0.29) is 0 Å². The van der Waals surface area contributed by atoms with Crippen LogP contribution in [0.4, 0.5) is 0 Å². The van der Waals surface area contributed by atoms with Gasteiger partial charge in [0.1, 0.15) is 11.2 Å². The molecule has 0 bridgehead atoms. The molecule has 0 aliphatic carbocycles. The second-order valence-corrected chi connectivity index (χ2v) is 13.8. The van der Waals surface area contributed by atoms with Crippen LogP contribution in [0.3, 0.4) is 0 Å². The van der Waals surface area contributed by atoms with E-state index in [0.717, 1.165) is 94.5 Å². The van der Waals surface area contributed by atoms with E-state index in [1.165, 1.54) is 0 Å². The summed E-state index contributed by atoms with van der Waals surface area (Å²) in [5, 5.41) is 2.23. The Morgan fingerprint density at radius 2 is 0.655 bits per heavy atom. The molecule has 0 spiro atoms. The van der Waals surface area contributed by atoms with Crippen LogP contribution >= 0.6 is 0 Å². The van der Waals surface area contributed by atoms with E-state index in [4.69, 9.17) is 14.4 Å². The Morgan fingerprint density at radius 3 is 1.16 bits per heavy atom. The summed E-state index contributed by atoms with van der Waals surface area (Å²) < 4.78 is 6.34. The molecule has 0 fully saturated rings. The van der Waals surface area contributed by atoms with Crippen LogP contribution in [0.1, 0.15) is 0 Å². The molecule has 0 aliphatic rings. The lowest BCUT2D eigenvalue weighted by atomic mass is 9.93. The fourth-order valence-corrected chi connectivity index (χ4v) is 7.47. The van der Waals surface area contributed by atoms with E-state index in [1.54, 1.807) is 0 Å². The third-order valence-electron chi connectivity index (χ3n) is 10.2. The zero-order valence-corrected chi connectivity index (χ0v) is 29.9. The second-order valence-electron chi connectivity index (χ2n) is 13.8. The second kappa shape index (κ2) is 13.9. The van der Waals surface area contributed by atoms with Gasteiger partial charge in [0.05, 0.1) is 11.4 Å². The minimum absolute atomic E-state index is 0.676. The molecule has 0 saturated carbocycles. The first-order valence-electron chi connectivity index (χ1n) is 18.6. The van der Waals surface area contributed by atoms with E-state index in [0.29, 0.717) is 5.82 Å². The van der Waals surface area contributed by atoms with Gasteiger partial charge in [0.25, 0.3) is 0 Å². The molecule has 2 aromatic heterocycles. The van der Waals surface area contributed by atoms with Crippen LogP contribution in [-0.4, -0.2) is 9.97 Å². The highest BCUT2D eigenvalue weighted by molar-refractivity contribution is 6.06. The number of aromatic nitrogens is 2. The van der Waals surface area contributed by atoms with Crippen molar-refractivity contribution in [3.63, 3.8) is 0 Å². The van der Waals surface area contributed by atoms with Gasteiger partial charge in [0.15, 0.2) is 5.82 Å². The topological polar surface area (TPSA) is 38.9 Å². The van der Waals surface area contributed by atoms with Crippen molar-refractivity contribution in [1.29, 1.82) is 0 Å². The van der Waals surface area contributed by atoms with Gasteiger partial charge >= 0.3 is 0 Å². The predicted molar refractivity (Wildman–Crippen MR) is 227 cm³/mol. The molecule has 0 unspecified atom stereocenters. The largest absolute Gasteiger partial charge is 0.456 e. The Balaban J connectivity index is 1.19. The summed E-state index contributed by atoms with van der Waals surface area (Å²) in [7, 11) is 0. The number of nitrogens with zero attached hydrogens (tertiary/aromatic N) is 2. The van der Waals surface area contributed by atoms with Crippen molar-refractivity contribution in [3.8, 4) is 78.4 Å². The average Bonchev–Trinajstić information content (AvgIpc) is 3.65. The molecule has 0 aliphatic heterocycles. The highest BCUT2D eigenvalue weighted by atomic mass is 16.3. The monoisotopic (exact) mass is 702 g/mol. The first kappa shape index (κ1) is 32.3. The molecule has 10 rings (SSSR count). The molecule has 0 amide bonds. The number of rotatable bonds is 7. The summed E-state index contributed by atoms with van der Waals surface area (Å²) in [4.78, 5) is 10.5. The van der Waals surface area contributed by atoms with Gasteiger partial charge in [-0.15, -0.1) is 0 Å². The van der Waals surface area contributed by atoms with Crippen molar-refractivity contribution in [3.05, 3.63) is 206 Å². The summed E-state index contributed by atoms with van der Waals surface area (Å²) in [5.41, 5.74) is 15.4. The van der Waals surface area contributed by atoms with Gasteiger partial charge in [-0.25, -0.2) is 9.97 Å². The van der Waals surface area contributed by atoms with Gasteiger partial charge < -0.3 is 4.42 Å². The maximum Gasteiger partial charge on any atom is 0.160 e. The first-order valence-corrected chi connectivity index (χ1v) is 18.6. The van der Waals surface area contributed by atoms with Crippen molar-refractivity contribution in [2.75, 3.05) is 0 Å². The summed E-state index contributed by atoms with van der Waals surface area (Å²) >= 11 is 0. The number of para-hydroxylation sites is 1. The van der Waals surface area contributed by atoms with Crippen LogP contribution in [0, 0.1) is 0 Å². The molecule has 2 heterocycles. The number of furan rings is 1. The van der Waals surface area contributed by atoms with Crippen LogP contribution in [0.5, 0.6) is 0 Å². The molecule has 0 radical (unpaired) electrons. The number of benzene rings is 8. The summed E-state index contributed by atoms with van der Waals surface area (Å²) in [6.45, 7) is 0. The molecule has 3 heteroatoms. The normalized spacial score (nSPS) is 11.3. The highest BCUT2D eigenvalue weighted by Gasteiger charge is 2.16. The van der Waals surface area contributed by atoms with Crippen molar-refractivity contribution in [2.24, 2.45) is 0 Å². The van der Waals surface area contributed by atoms with Gasteiger partial charge in [-0.05, 0) is 105 Å². The summed E-state index contributed by atoms with van der Waals surface area (Å²) in [5.74, 6) is 0.676. The van der Waals surface area contributed by atoms with Gasteiger partial charge in [-0.2, -0.15) is 0 Å². The zero-order chi connectivity index (χ0) is 36.6. The van der Waals surface area contributed by atoms with Crippen molar-refractivity contribution in [2.45, 2.75) is 0 Å². The predicted octanol–water partition coefficient (Wildman–Crippen LogP) is 14.0. The third-order valence-corrected chi connectivity index (χ3v) is 10.2. The van der Waals surface area contributed by atoms with Crippen molar-refractivity contribution < 1.29 is 4.42 Å². The maximum atomic E-state index is 6.34. The molecule has 10 aromatic rings. The SMILES string of the molecule is c1ccc(-c2cc(-c3ccccc3)cc(-c3cc(-c4cc(-c5ccccc5)cc(-c5ccc6c(c5)oc5ccccc56)c4)nc(-c4ccccc4)n3)c2)cc1. The van der Waals surface area contributed by atoms with E-state index < -0.39 is 0 Å². The molecule has 55 heavy (non-hydrogen) atoms. The lowest BCUT2D eigenvalue weighted by Crippen LogP contribution is -1.97. The van der Waals surface area contributed by atoms with Gasteiger partial charge in [-0.1, -0.05) is 146 Å². The molecular weight excluding hydrogens is 669 g/mol. The Morgan fingerprint density at radius 1 is 0.255 bits per heavy atom. The molecular formula is C52H34N2O. The van der Waals surface area contributed by atoms with Crippen molar-refractivity contribution >= 4 is 21.9 Å². The lowest BCUT2D eigenvalue weighted by molar-refractivity contribution is 0.669. The average molecular weight is 703 g/mol. The smallest absolute Gasteiger partial charge is 0.160 e. The van der Waals surface area contributed by atoms with E-state index in [1.807, 2.05) is 30.3 Å². The van der Waals surface area contributed by atoms with Crippen LogP contribution in [-0.2, 0) is 0 Å². The minimum Gasteiger partial charge on any atom is -0.456 e. The summed E-state index contributed by atoms with van der Waals surface area (Å²) in [6.07, 6.45) is 0. The summed E-state index contributed by atoms with van der Waals surface area (Å²) in [6, 6.07) is 72.3. The van der Waals surface area contributed by atoms with Crippen LogP contribution in [0.15, 0.2) is 211 Å². The fraction of sp³-hybridized carbons (Fsp3) is 0. The molecule has 0 saturated heterocycles. The Labute approximate surface area is 319 Å². The Hall–Kier alpha value is -7.36. The Bertz CT molecular complexity index is 2900. The van der Waals surface area contributed by atoms with Gasteiger partial charge in [0, 0.05) is 27.5 Å². The third kappa shape index (κ3) is 6.39. The van der Waals surface area contributed by atoms with Crippen LogP contribution in [0.2, 0.25) is 0 Å². The standard InChI is InChI=1S/C52H34N2O/c1-5-15-35(16-6-1)40-27-41(36-17-7-2-8-18-36)30-44(29-40)48-34-49(54-52(53-48)38-21-11-4-12-22-38)45-31-42(37-19-9-3-10-20-37)28-43(32-45)39-25-26-47-46-23-13-14-24-50(46)55-51(47)33-39/h1-34H. The highest BCUT2D eigenvalue weighted by Crippen LogP contribution is 2.38. The van der Waals surface area contributed by atoms with E-state index >= 15 is 0 Å². The van der Waals surface area contributed by atoms with E-state index in [9.17, 15) is 0 Å². The van der Waals surface area contributed by atoms with Crippen molar-refractivity contribution in [1.82, 2.24) is 9.97 Å². The zero-order valence-electron chi connectivity index (χ0n) is 29.9. The van der Waals surface area contributed by atoms with Crippen LogP contribution in [0.25, 0.3) is 100 Å². The van der Waals surface area contributed by atoms with E-state index in [2.05, 4.69) is 176 Å². The maximum absolute atomic E-state index is 6.34. The minimum atomic E-state index is 0.676. The van der Waals surface area contributed by atoms with Gasteiger partial charge in [0.2, 0.25) is 0 Å². The Kier molecular flexibility index (Phi) is 8.16. The molecule has 0 N–H and O–H groups in total. The number of hydrogen-bond donors (Lipinski definition) is 0. The quantitative estimate of drug-likeness (QED) is 0.166. The lowest BCUT2D eigenvalue weighted by Gasteiger charge is -2.15. The first-order chi connectivity index (χ1) is 27.2. The van der Waals surface area contributed by atoms with Gasteiger partial charge in [-0.3, -0.25) is 0 Å². The fourth-order valence-electron chi connectivity index (χ4n) is 7.47. The molecule has 0 atom stereocenters. The van der Waals surface area contributed by atoms with Crippen LogP contribution < -0.4 is 0 Å². The molecule has 8 aromatic carbocycles. The molecule has 3 nitrogen and oxygen atoms in total. The molecule has 258 valence electrons. The number of fused-ring (bicyclic) bond motifs is 3.